The highest BCUT2D eigenvalue weighted by atomic mass is 35.5. The van der Waals surface area contributed by atoms with E-state index in [0.29, 0.717) is 6.04 Å². The molecular formula is C19H30BClN2. The van der Waals surface area contributed by atoms with E-state index in [1.807, 2.05) is 0 Å². The fourth-order valence-corrected chi connectivity index (χ4v) is 4.73. The molecule has 1 fully saturated rings. The lowest BCUT2D eigenvalue weighted by Gasteiger charge is -2.31. The van der Waals surface area contributed by atoms with Crippen molar-refractivity contribution in [3.05, 3.63) is 33.8 Å². The third-order valence-corrected chi connectivity index (χ3v) is 6.03. The summed E-state index contributed by atoms with van der Waals surface area (Å²) < 4.78 is 0. The molecule has 0 radical (unpaired) electrons. The van der Waals surface area contributed by atoms with Crippen molar-refractivity contribution in [1.82, 2.24) is 10.2 Å². The van der Waals surface area contributed by atoms with Crippen molar-refractivity contribution in [2.75, 3.05) is 19.6 Å². The number of nitrogens with one attached hydrogen (secondary N) is 1. The first kappa shape index (κ1) is 17.3. The summed E-state index contributed by atoms with van der Waals surface area (Å²) >= 11 is 6.19. The molecule has 2 nitrogen and oxygen atoms in total. The zero-order valence-electron chi connectivity index (χ0n) is 14.9. The van der Waals surface area contributed by atoms with Crippen LogP contribution in [0.15, 0.2) is 12.1 Å². The lowest BCUT2D eigenvalue weighted by Crippen LogP contribution is -2.44. The molecule has 0 spiro atoms. The standard InChI is InChI=1S/C19H30BClN2/c1-13-6-17(21)7-16-9-22-18(8-19(13)16)12-23-10-14(2)15(11-23)4-3-5-20/h6-7,14-15,18,22H,3-5,8-12,20H2,1-2H3. The molecule has 1 aromatic carbocycles. The molecule has 0 aromatic heterocycles. The normalized spacial score (nSPS) is 28.0. The lowest BCUT2D eigenvalue weighted by atomic mass is 9.89. The Hall–Kier alpha value is -0.505. The molecular weight excluding hydrogens is 302 g/mol. The van der Waals surface area contributed by atoms with Crippen LogP contribution in [0.1, 0.15) is 36.5 Å². The number of fused-ring (bicyclic) bond motifs is 1. The Balaban J connectivity index is 1.58. The molecule has 3 atom stereocenters. The van der Waals surface area contributed by atoms with Crippen LogP contribution in [-0.2, 0) is 13.0 Å². The number of aryl methyl sites for hydroxylation is 1. The van der Waals surface area contributed by atoms with E-state index in [4.69, 9.17) is 11.6 Å². The predicted octanol–water partition coefficient (Wildman–Crippen LogP) is 3.06. The number of benzene rings is 1. The van der Waals surface area contributed by atoms with Gasteiger partial charge in [0.05, 0.1) is 0 Å². The van der Waals surface area contributed by atoms with Crippen LogP contribution in [0.25, 0.3) is 0 Å². The molecule has 3 unspecified atom stereocenters. The molecule has 1 N–H and O–H groups in total. The van der Waals surface area contributed by atoms with Crippen LogP contribution in [0.2, 0.25) is 11.3 Å². The summed E-state index contributed by atoms with van der Waals surface area (Å²) in [4.78, 5) is 2.69. The van der Waals surface area contributed by atoms with Crippen LogP contribution in [-0.4, -0.2) is 38.4 Å². The van der Waals surface area contributed by atoms with Crippen LogP contribution in [0.4, 0.5) is 0 Å². The molecule has 0 bridgehead atoms. The Morgan fingerprint density at radius 3 is 2.96 bits per heavy atom. The van der Waals surface area contributed by atoms with E-state index in [1.54, 1.807) is 0 Å². The minimum Gasteiger partial charge on any atom is -0.308 e. The Labute approximate surface area is 147 Å². The second kappa shape index (κ2) is 7.59. The third-order valence-electron chi connectivity index (χ3n) is 5.81. The fraction of sp³-hybridized carbons (Fsp3) is 0.684. The summed E-state index contributed by atoms with van der Waals surface area (Å²) in [5.74, 6) is 1.77. The van der Waals surface area contributed by atoms with Gasteiger partial charge in [0.2, 0.25) is 0 Å². The maximum absolute atomic E-state index is 6.19. The van der Waals surface area contributed by atoms with Gasteiger partial charge in [-0.25, -0.2) is 0 Å². The quantitative estimate of drug-likeness (QED) is 0.834. The van der Waals surface area contributed by atoms with Crippen LogP contribution in [0, 0.1) is 18.8 Å². The highest BCUT2D eigenvalue weighted by Crippen LogP contribution is 2.29. The second-order valence-corrected chi connectivity index (χ2v) is 8.18. The van der Waals surface area contributed by atoms with Crippen molar-refractivity contribution in [1.29, 1.82) is 0 Å². The van der Waals surface area contributed by atoms with Crippen molar-refractivity contribution in [3.63, 3.8) is 0 Å². The van der Waals surface area contributed by atoms with Crippen molar-refractivity contribution in [2.24, 2.45) is 11.8 Å². The monoisotopic (exact) mass is 332 g/mol. The molecule has 1 aromatic rings. The summed E-state index contributed by atoms with van der Waals surface area (Å²) in [6.07, 6.45) is 5.26. The molecule has 126 valence electrons. The van der Waals surface area contributed by atoms with Crippen LogP contribution in [0.3, 0.4) is 0 Å². The van der Waals surface area contributed by atoms with Crippen molar-refractivity contribution >= 4 is 19.4 Å². The maximum Gasteiger partial charge on any atom is 0.101 e. The Morgan fingerprint density at radius 1 is 1.35 bits per heavy atom. The van der Waals surface area contributed by atoms with Crippen molar-refractivity contribution in [2.45, 2.75) is 52.0 Å². The SMILES string of the molecule is BCCCC1CN(CC2Cc3c(C)cc(Cl)cc3CN2)CC1C. The second-order valence-electron chi connectivity index (χ2n) is 7.74. The summed E-state index contributed by atoms with van der Waals surface area (Å²) in [7, 11) is 2.30. The van der Waals surface area contributed by atoms with E-state index >= 15 is 0 Å². The van der Waals surface area contributed by atoms with E-state index in [0.717, 1.165) is 29.8 Å². The highest BCUT2D eigenvalue weighted by molar-refractivity contribution is 6.30. The van der Waals surface area contributed by atoms with Gasteiger partial charge in [-0.2, -0.15) is 0 Å². The van der Waals surface area contributed by atoms with E-state index < -0.39 is 0 Å². The molecule has 2 aliphatic rings. The molecule has 2 aliphatic heterocycles. The first-order valence-electron chi connectivity index (χ1n) is 9.30. The first-order chi connectivity index (χ1) is 11.1. The molecule has 2 heterocycles. The predicted molar refractivity (Wildman–Crippen MR) is 102 cm³/mol. The Kier molecular flexibility index (Phi) is 5.71. The van der Waals surface area contributed by atoms with Crippen LogP contribution >= 0.6 is 11.6 Å². The van der Waals surface area contributed by atoms with Gasteiger partial charge in [-0.3, -0.25) is 0 Å². The van der Waals surface area contributed by atoms with Gasteiger partial charge in [-0.1, -0.05) is 31.3 Å². The maximum atomic E-state index is 6.19. The molecule has 0 aliphatic carbocycles. The Bertz CT molecular complexity index is 548. The number of nitrogens with zero attached hydrogens (tertiary/aromatic N) is 1. The van der Waals surface area contributed by atoms with Gasteiger partial charge >= 0.3 is 0 Å². The third kappa shape index (κ3) is 4.13. The minimum absolute atomic E-state index is 0.583. The van der Waals surface area contributed by atoms with Gasteiger partial charge in [0.25, 0.3) is 0 Å². The lowest BCUT2D eigenvalue weighted by molar-refractivity contribution is 0.269. The number of hydrogen-bond acceptors (Lipinski definition) is 2. The van der Waals surface area contributed by atoms with Gasteiger partial charge in [0.15, 0.2) is 0 Å². The average molecular weight is 333 g/mol. The number of likely N-dealkylation sites (tertiary alicyclic amines) is 1. The van der Waals surface area contributed by atoms with Crippen LogP contribution < -0.4 is 5.32 Å². The number of halogens is 1. The number of hydrogen-bond donors (Lipinski definition) is 1. The van der Waals surface area contributed by atoms with E-state index in [-0.39, 0.29) is 0 Å². The molecule has 23 heavy (non-hydrogen) atoms. The largest absolute Gasteiger partial charge is 0.308 e. The van der Waals surface area contributed by atoms with Gasteiger partial charge in [0, 0.05) is 37.2 Å². The first-order valence-corrected chi connectivity index (χ1v) is 9.68. The topological polar surface area (TPSA) is 15.3 Å². The average Bonchev–Trinajstić information content (AvgIpc) is 2.85. The fourth-order valence-electron chi connectivity index (χ4n) is 4.44. The van der Waals surface area contributed by atoms with Crippen LogP contribution in [0.5, 0.6) is 0 Å². The van der Waals surface area contributed by atoms with Crippen molar-refractivity contribution < 1.29 is 0 Å². The van der Waals surface area contributed by atoms with Gasteiger partial charge in [-0.05, 0) is 60.4 Å². The zero-order valence-corrected chi connectivity index (χ0v) is 15.6. The van der Waals surface area contributed by atoms with Gasteiger partial charge in [0.1, 0.15) is 7.85 Å². The van der Waals surface area contributed by atoms with E-state index in [2.05, 4.69) is 44.0 Å². The van der Waals surface area contributed by atoms with Gasteiger partial charge < -0.3 is 10.2 Å². The number of rotatable bonds is 5. The zero-order chi connectivity index (χ0) is 16.4. The smallest absolute Gasteiger partial charge is 0.101 e. The molecule has 3 rings (SSSR count). The van der Waals surface area contributed by atoms with Crippen molar-refractivity contribution in [3.8, 4) is 0 Å². The van der Waals surface area contributed by atoms with Gasteiger partial charge in [-0.15, -0.1) is 0 Å². The summed E-state index contributed by atoms with van der Waals surface area (Å²) in [5, 5.41) is 4.60. The van der Waals surface area contributed by atoms with E-state index in [1.165, 1.54) is 55.5 Å². The summed E-state index contributed by atoms with van der Waals surface area (Å²) in [5.41, 5.74) is 4.27. The van der Waals surface area contributed by atoms with E-state index in [9.17, 15) is 0 Å². The minimum atomic E-state index is 0.583. The summed E-state index contributed by atoms with van der Waals surface area (Å²) in [6, 6.07) is 4.83. The molecule has 1 saturated heterocycles. The highest BCUT2D eigenvalue weighted by Gasteiger charge is 2.31. The molecule has 0 amide bonds. The summed E-state index contributed by atoms with van der Waals surface area (Å²) in [6.45, 7) is 9.37. The molecule has 4 heteroatoms. The molecule has 0 saturated carbocycles. The Morgan fingerprint density at radius 2 is 2.17 bits per heavy atom.